The number of ether oxygens (including phenoxy) is 1. The van der Waals surface area contributed by atoms with Crippen LogP contribution in [0.1, 0.15) is 13.8 Å². The Morgan fingerprint density at radius 3 is 2.62 bits per heavy atom. The Bertz CT molecular complexity index is 700. The van der Waals surface area contributed by atoms with Gasteiger partial charge in [0.05, 0.1) is 17.1 Å². The molecule has 2 atom stereocenters. The fraction of sp³-hybridized carbons (Fsp3) is 0.375. The summed E-state index contributed by atoms with van der Waals surface area (Å²) >= 11 is 0. The highest BCUT2D eigenvalue weighted by molar-refractivity contribution is 5.97. The van der Waals surface area contributed by atoms with Crippen LogP contribution in [-0.2, 0) is 9.53 Å². The van der Waals surface area contributed by atoms with E-state index < -0.39 is 10.8 Å². The first-order valence-electron chi connectivity index (χ1n) is 7.47. The first kappa shape index (κ1) is 17.4. The maximum atomic E-state index is 12.5. The summed E-state index contributed by atoms with van der Waals surface area (Å²) in [6.07, 6.45) is 0.983. The molecule has 1 aliphatic rings. The number of nitro groups is 1. The molecule has 1 fully saturated rings. The maximum absolute atomic E-state index is 12.5. The topological polar surface area (TPSA) is 109 Å². The van der Waals surface area contributed by atoms with Crippen LogP contribution in [0.4, 0.5) is 11.4 Å². The van der Waals surface area contributed by atoms with Crippen LogP contribution in [0.25, 0.3) is 0 Å². The average molecular weight is 330 g/mol. The van der Waals surface area contributed by atoms with Crippen molar-refractivity contribution < 1.29 is 14.5 Å². The van der Waals surface area contributed by atoms with Crippen molar-refractivity contribution in [3.05, 3.63) is 46.2 Å². The van der Waals surface area contributed by atoms with Gasteiger partial charge in [-0.2, -0.15) is 5.26 Å². The molecule has 126 valence electrons. The molecular weight excluding hydrogens is 312 g/mol. The second-order valence-corrected chi connectivity index (χ2v) is 5.56. The van der Waals surface area contributed by atoms with Crippen molar-refractivity contribution in [2.75, 3.05) is 18.4 Å². The number of benzene rings is 1. The minimum Gasteiger partial charge on any atom is -0.372 e. The number of para-hydroxylation sites is 2. The molecule has 1 aromatic rings. The van der Waals surface area contributed by atoms with Crippen molar-refractivity contribution in [3.8, 4) is 6.07 Å². The van der Waals surface area contributed by atoms with Gasteiger partial charge in [-0.05, 0) is 19.9 Å². The molecule has 0 spiro atoms. The van der Waals surface area contributed by atoms with Gasteiger partial charge >= 0.3 is 0 Å². The van der Waals surface area contributed by atoms with Gasteiger partial charge in [0.1, 0.15) is 17.3 Å². The Morgan fingerprint density at radius 1 is 1.42 bits per heavy atom. The Balaban J connectivity index is 2.16. The molecule has 8 nitrogen and oxygen atoms in total. The standard InChI is InChI=1S/C16H18N4O4/c1-11-9-19(10-12(2)24-11)16(21)13(7-17)8-18-14-5-3-4-6-15(14)20(22)23/h3-6,8,11-12,18H,9-10H2,1-2H3/b13-8-. The highest BCUT2D eigenvalue weighted by Crippen LogP contribution is 2.23. The highest BCUT2D eigenvalue weighted by Gasteiger charge is 2.27. The van der Waals surface area contributed by atoms with Gasteiger partial charge in [0.25, 0.3) is 11.6 Å². The monoisotopic (exact) mass is 330 g/mol. The molecule has 1 aromatic carbocycles. The van der Waals surface area contributed by atoms with Crippen LogP contribution in [-0.4, -0.2) is 41.0 Å². The fourth-order valence-electron chi connectivity index (χ4n) is 2.56. The van der Waals surface area contributed by atoms with Gasteiger partial charge in [0.15, 0.2) is 0 Å². The molecule has 1 aliphatic heterocycles. The molecule has 0 aromatic heterocycles. The summed E-state index contributed by atoms with van der Waals surface area (Å²) in [7, 11) is 0. The molecule has 0 saturated carbocycles. The number of hydrogen-bond acceptors (Lipinski definition) is 6. The zero-order valence-corrected chi connectivity index (χ0v) is 13.4. The Hall–Kier alpha value is -2.92. The summed E-state index contributed by atoms with van der Waals surface area (Å²) in [6, 6.07) is 7.86. The number of nitrogens with one attached hydrogen (secondary N) is 1. The predicted octanol–water partition coefficient (Wildman–Crippen LogP) is 2.05. The van der Waals surface area contributed by atoms with Crippen LogP contribution in [0.5, 0.6) is 0 Å². The molecule has 24 heavy (non-hydrogen) atoms. The first-order chi connectivity index (χ1) is 11.4. The Morgan fingerprint density at radius 2 is 2.04 bits per heavy atom. The molecule has 0 radical (unpaired) electrons. The third-order valence-corrected chi connectivity index (χ3v) is 3.53. The van der Waals surface area contributed by atoms with Crippen molar-refractivity contribution in [2.24, 2.45) is 0 Å². The van der Waals surface area contributed by atoms with E-state index in [0.29, 0.717) is 13.1 Å². The molecule has 0 bridgehead atoms. The van der Waals surface area contributed by atoms with Crippen molar-refractivity contribution in [1.82, 2.24) is 4.90 Å². The number of amides is 1. The molecule has 1 amide bonds. The highest BCUT2D eigenvalue weighted by atomic mass is 16.6. The number of nitrogens with zero attached hydrogens (tertiary/aromatic N) is 3. The van der Waals surface area contributed by atoms with Crippen molar-refractivity contribution >= 4 is 17.3 Å². The van der Waals surface area contributed by atoms with Gasteiger partial charge < -0.3 is 15.0 Å². The summed E-state index contributed by atoms with van der Waals surface area (Å²) in [5, 5.41) is 22.9. The van der Waals surface area contributed by atoms with Gasteiger partial charge in [0.2, 0.25) is 0 Å². The Kier molecular flexibility index (Phi) is 5.50. The molecular formula is C16H18N4O4. The van der Waals surface area contributed by atoms with E-state index in [2.05, 4.69) is 5.32 Å². The van der Waals surface area contributed by atoms with Crippen LogP contribution in [0.3, 0.4) is 0 Å². The van der Waals surface area contributed by atoms with Gasteiger partial charge in [-0.15, -0.1) is 0 Å². The number of hydrogen-bond donors (Lipinski definition) is 1. The maximum Gasteiger partial charge on any atom is 0.292 e. The molecule has 1 saturated heterocycles. The Labute approximate surface area is 139 Å². The first-order valence-corrected chi connectivity index (χ1v) is 7.47. The fourth-order valence-corrected chi connectivity index (χ4v) is 2.56. The van der Waals surface area contributed by atoms with Crippen LogP contribution in [0.2, 0.25) is 0 Å². The van der Waals surface area contributed by atoms with E-state index >= 15 is 0 Å². The number of nitriles is 1. The molecule has 2 rings (SSSR count). The van der Waals surface area contributed by atoms with Crippen LogP contribution < -0.4 is 5.32 Å². The predicted molar refractivity (Wildman–Crippen MR) is 87.0 cm³/mol. The van der Waals surface area contributed by atoms with Gasteiger partial charge in [-0.1, -0.05) is 12.1 Å². The minimum absolute atomic E-state index is 0.110. The van der Waals surface area contributed by atoms with Crippen LogP contribution in [0, 0.1) is 21.4 Å². The molecule has 0 aliphatic carbocycles. The molecule has 8 heteroatoms. The minimum atomic E-state index is -0.532. The zero-order chi connectivity index (χ0) is 17.7. The second kappa shape index (κ2) is 7.57. The number of anilines is 1. The number of nitro benzene ring substituents is 1. The van der Waals surface area contributed by atoms with Crippen LogP contribution in [0.15, 0.2) is 36.0 Å². The van der Waals surface area contributed by atoms with Gasteiger partial charge in [-0.25, -0.2) is 0 Å². The van der Waals surface area contributed by atoms with E-state index in [4.69, 9.17) is 4.74 Å². The largest absolute Gasteiger partial charge is 0.372 e. The van der Waals surface area contributed by atoms with E-state index in [1.807, 2.05) is 19.9 Å². The zero-order valence-electron chi connectivity index (χ0n) is 13.4. The summed E-state index contributed by atoms with van der Waals surface area (Å²) in [5.41, 5.74) is -0.0340. The van der Waals surface area contributed by atoms with Gasteiger partial charge in [0, 0.05) is 25.4 Å². The normalized spacial score (nSPS) is 21.0. The summed E-state index contributed by atoms with van der Waals surface area (Å²) in [5.74, 6) is -0.425. The quantitative estimate of drug-likeness (QED) is 0.392. The van der Waals surface area contributed by atoms with Crippen LogP contribution >= 0.6 is 0 Å². The lowest BCUT2D eigenvalue weighted by atomic mass is 10.2. The smallest absolute Gasteiger partial charge is 0.292 e. The lowest BCUT2D eigenvalue weighted by Crippen LogP contribution is -2.48. The number of carbonyl (C=O) groups is 1. The SMILES string of the molecule is CC1CN(C(=O)/C(C#N)=C\Nc2ccccc2[N+](=O)[O-])CC(C)O1. The van der Waals surface area contributed by atoms with Crippen molar-refractivity contribution in [2.45, 2.75) is 26.1 Å². The lowest BCUT2D eigenvalue weighted by molar-refractivity contribution is -0.383. The summed E-state index contributed by atoms with van der Waals surface area (Å²) in [4.78, 5) is 24.5. The van der Waals surface area contributed by atoms with Crippen molar-refractivity contribution in [1.29, 1.82) is 5.26 Å². The third-order valence-electron chi connectivity index (χ3n) is 3.53. The number of rotatable bonds is 4. The summed E-state index contributed by atoms with van der Waals surface area (Å²) in [6.45, 7) is 4.51. The second-order valence-electron chi connectivity index (χ2n) is 5.56. The van der Waals surface area contributed by atoms with E-state index in [9.17, 15) is 20.2 Å². The number of carbonyl (C=O) groups excluding carboxylic acids is 1. The van der Waals surface area contributed by atoms with E-state index in [1.165, 1.54) is 18.3 Å². The molecule has 1 heterocycles. The van der Waals surface area contributed by atoms with Gasteiger partial charge in [-0.3, -0.25) is 14.9 Å². The average Bonchev–Trinajstić information content (AvgIpc) is 2.54. The molecule has 2 unspecified atom stereocenters. The van der Waals surface area contributed by atoms with E-state index in [0.717, 1.165) is 0 Å². The van der Waals surface area contributed by atoms with E-state index in [-0.39, 0.29) is 29.2 Å². The van der Waals surface area contributed by atoms with E-state index in [1.54, 1.807) is 17.0 Å². The summed E-state index contributed by atoms with van der Waals surface area (Å²) < 4.78 is 5.56. The number of morpholine rings is 1. The lowest BCUT2D eigenvalue weighted by Gasteiger charge is -2.35. The third kappa shape index (κ3) is 4.08. The van der Waals surface area contributed by atoms with Crippen molar-refractivity contribution in [3.63, 3.8) is 0 Å². The molecule has 1 N–H and O–H groups in total.